The molecule has 28 heavy (non-hydrogen) atoms. The van der Waals surface area contributed by atoms with Crippen LogP contribution < -0.4 is 0 Å². The number of carbonyl (C=O) groups is 2. The van der Waals surface area contributed by atoms with Crippen LogP contribution in [0.25, 0.3) is 0 Å². The van der Waals surface area contributed by atoms with Crippen molar-refractivity contribution in [2.75, 3.05) is 19.8 Å². The molecule has 3 rings (SSSR count). The van der Waals surface area contributed by atoms with Crippen molar-refractivity contribution >= 4 is 23.3 Å². The molecule has 1 unspecified atom stereocenters. The average molecular weight is 404 g/mol. The van der Waals surface area contributed by atoms with Crippen molar-refractivity contribution in [1.82, 2.24) is 5.06 Å². The first kappa shape index (κ1) is 20.5. The maximum atomic E-state index is 13.1. The molecule has 1 fully saturated rings. The molecule has 0 radical (unpaired) electrons. The minimum Gasteiger partial charge on any atom is -0.465 e. The van der Waals surface area contributed by atoms with E-state index in [4.69, 9.17) is 14.3 Å². The van der Waals surface area contributed by atoms with Gasteiger partial charge in [0.1, 0.15) is 0 Å². The highest BCUT2D eigenvalue weighted by Gasteiger charge is 2.60. The van der Waals surface area contributed by atoms with Crippen LogP contribution in [0, 0.1) is 5.41 Å². The van der Waals surface area contributed by atoms with Crippen LogP contribution >= 0.6 is 11.3 Å². The number of nitrogens with zero attached hydrogens (tertiary/aromatic N) is 1. The second-order valence-corrected chi connectivity index (χ2v) is 7.45. The van der Waals surface area contributed by atoms with E-state index in [1.54, 1.807) is 18.9 Å². The van der Waals surface area contributed by atoms with Crippen molar-refractivity contribution in [3.05, 3.63) is 58.3 Å². The van der Waals surface area contributed by atoms with E-state index in [1.165, 1.54) is 11.3 Å². The maximum absolute atomic E-state index is 13.1. The Hall–Kier alpha value is -2.22. The molecule has 1 saturated heterocycles. The Kier molecular flexibility index (Phi) is 6.83. The summed E-state index contributed by atoms with van der Waals surface area (Å²) in [5.74, 6) is -1.12. The molecular weight excluding hydrogens is 378 g/mol. The number of hydrogen-bond donors (Lipinski definition) is 0. The molecule has 1 aromatic carbocycles. The van der Waals surface area contributed by atoms with Gasteiger partial charge in [0.2, 0.25) is 0 Å². The lowest BCUT2D eigenvalue weighted by Crippen LogP contribution is -2.56. The topological polar surface area (TPSA) is 65.1 Å². The van der Waals surface area contributed by atoms with E-state index in [-0.39, 0.29) is 26.2 Å². The summed E-state index contributed by atoms with van der Waals surface area (Å²) in [5, 5.41) is 3.64. The summed E-state index contributed by atoms with van der Waals surface area (Å²) in [6, 6.07) is 13.0. The Bertz CT molecular complexity index is 759. The lowest BCUT2D eigenvalue weighted by atomic mass is 9.75. The Morgan fingerprint density at radius 2 is 1.79 bits per heavy atom. The van der Waals surface area contributed by atoms with Crippen LogP contribution in [0.5, 0.6) is 0 Å². The molecule has 0 bridgehead atoms. The summed E-state index contributed by atoms with van der Waals surface area (Å²) in [6.07, 6.45) is 0.207. The first-order chi connectivity index (χ1) is 13.6. The molecule has 2 heterocycles. The van der Waals surface area contributed by atoms with Gasteiger partial charge < -0.3 is 9.47 Å². The molecule has 0 aliphatic carbocycles. The standard InChI is InChI=1S/C21H25NO5S/c1-3-25-19(23)21(20(24)26-4-2)12-13-27-22(15-16-9-6-5-7-10-16)18(21)17-11-8-14-28-17/h5-11,14,18H,3-4,12-13,15H2,1-2H3. The SMILES string of the molecule is CCOC(=O)C1(C(=O)OCC)CCON(Cc2ccccc2)C1c1cccs1. The van der Waals surface area contributed by atoms with E-state index in [2.05, 4.69) is 0 Å². The molecule has 1 aromatic heterocycles. The van der Waals surface area contributed by atoms with Crippen LogP contribution in [-0.4, -0.2) is 36.8 Å². The van der Waals surface area contributed by atoms with Gasteiger partial charge in [-0.25, -0.2) is 0 Å². The second-order valence-electron chi connectivity index (χ2n) is 6.47. The number of carbonyl (C=O) groups excluding carboxylic acids is 2. The van der Waals surface area contributed by atoms with Gasteiger partial charge in [-0.05, 0) is 30.9 Å². The van der Waals surface area contributed by atoms with E-state index in [9.17, 15) is 9.59 Å². The third-order valence-corrected chi connectivity index (χ3v) is 5.71. The normalized spacial score (nSPS) is 19.1. The van der Waals surface area contributed by atoms with Gasteiger partial charge in [0.25, 0.3) is 0 Å². The van der Waals surface area contributed by atoms with E-state index in [0.717, 1.165) is 10.4 Å². The largest absolute Gasteiger partial charge is 0.465 e. The molecule has 1 aliphatic rings. The number of rotatable bonds is 7. The van der Waals surface area contributed by atoms with Crippen molar-refractivity contribution in [3.8, 4) is 0 Å². The van der Waals surface area contributed by atoms with Gasteiger partial charge in [0.15, 0.2) is 5.41 Å². The van der Waals surface area contributed by atoms with Crippen LogP contribution in [0.3, 0.4) is 0 Å². The molecule has 0 N–H and O–H groups in total. The number of ether oxygens (including phenoxy) is 2. The summed E-state index contributed by atoms with van der Waals surface area (Å²) in [7, 11) is 0. The van der Waals surface area contributed by atoms with Gasteiger partial charge in [0.05, 0.1) is 25.9 Å². The van der Waals surface area contributed by atoms with Gasteiger partial charge in [-0.2, -0.15) is 5.06 Å². The van der Waals surface area contributed by atoms with E-state index < -0.39 is 23.4 Å². The highest BCUT2D eigenvalue weighted by molar-refractivity contribution is 7.10. The fourth-order valence-electron chi connectivity index (χ4n) is 3.54. The summed E-state index contributed by atoms with van der Waals surface area (Å²) < 4.78 is 10.7. The first-order valence-electron chi connectivity index (χ1n) is 9.44. The van der Waals surface area contributed by atoms with Crippen molar-refractivity contribution in [2.24, 2.45) is 5.41 Å². The molecule has 7 heteroatoms. The Balaban J connectivity index is 2.06. The predicted molar refractivity (Wildman–Crippen MR) is 105 cm³/mol. The third kappa shape index (κ3) is 3.97. The van der Waals surface area contributed by atoms with Gasteiger partial charge in [-0.15, -0.1) is 11.3 Å². The Labute approximate surface area is 169 Å². The molecule has 1 atom stereocenters. The number of benzene rings is 1. The van der Waals surface area contributed by atoms with Gasteiger partial charge in [-0.3, -0.25) is 14.4 Å². The number of hydrogen-bond acceptors (Lipinski definition) is 7. The van der Waals surface area contributed by atoms with Gasteiger partial charge in [-0.1, -0.05) is 36.4 Å². The second kappa shape index (κ2) is 9.32. The van der Waals surface area contributed by atoms with Crippen LogP contribution in [0.1, 0.15) is 36.8 Å². The maximum Gasteiger partial charge on any atom is 0.325 e. The quantitative estimate of drug-likeness (QED) is 0.518. The molecule has 1 aliphatic heterocycles. The lowest BCUT2D eigenvalue weighted by molar-refractivity contribution is -0.263. The minimum atomic E-state index is -1.47. The molecule has 6 nitrogen and oxygen atoms in total. The molecule has 2 aromatic rings. The van der Waals surface area contributed by atoms with E-state index >= 15 is 0 Å². The monoisotopic (exact) mass is 403 g/mol. The molecule has 0 saturated carbocycles. The zero-order chi connectivity index (χ0) is 20.0. The van der Waals surface area contributed by atoms with Crippen LogP contribution in [0.4, 0.5) is 0 Å². The van der Waals surface area contributed by atoms with Crippen molar-refractivity contribution < 1.29 is 23.9 Å². The van der Waals surface area contributed by atoms with Crippen LogP contribution in [0.15, 0.2) is 47.8 Å². The summed E-state index contributed by atoms with van der Waals surface area (Å²) in [5.41, 5.74) is -0.447. The molecule has 0 amide bonds. The zero-order valence-electron chi connectivity index (χ0n) is 16.1. The van der Waals surface area contributed by atoms with Crippen molar-refractivity contribution in [1.29, 1.82) is 0 Å². The fourth-order valence-corrected chi connectivity index (χ4v) is 4.46. The van der Waals surface area contributed by atoms with Crippen molar-refractivity contribution in [2.45, 2.75) is 32.9 Å². The van der Waals surface area contributed by atoms with E-state index in [0.29, 0.717) is 6.54 Å². The average Bonchev–Trinajstić information content (AvgIpc) is 3.23. The molecule has 0 spiro atoms. The van der Waals surface area contributed by atoms with Crippen LogP contribution in [0.2, 0.25) is 0 Å². The minimum absolute atomic E-state index is 0.191. The third-order valence-electron chi connectivity index (χ3n) is 4.78. The Morgan fingerprint density at radius 3 is 2.36 bits per heavy atom. The zero-order valence-corrected chi connectivity index (χ0v) is 16.9. The van der Waals surface area contributed by atoms with Gasteiger partial charge in [0, 0.05) is 17.8 Å². The Morgan fingerprint density at radius 1 is 1.11 bits per heavy atom. The summed E-state index contributed by atoms with van der Waals surface area (Å²) in [4.78, 5) is 33.1. The number of thiophene rings is 1. The fraction of sp³-hybridized carbons (Fsp3) is 0.429. The molecular formula is C21H25NO5S. The number of esters is 2. The predicted octanol–water partition coefficient (Wildman–Crippen LogP) is 3.74. The summed E-state index contributed by atoms with van der Waals surface area (Å²) in [6.45, 7) is 4.51. The van der Waals surface area contributed by atoms with E-state index in [1.807, 2.05) is 47.8 Å². The number of hydroxylamine groups is 2. The lowest BCUT2D eigenvalue weighted by Gasteiger charge is -2.45. The summed E-state index contributed by atoms with van der Waals surface area (Å²) >= 11 is 1.48. The smallest absolute Gasteiger partial charge is 0.325 e. The highest BCUT2D eigenvalue weighted by Crippen LogP contribution is 2.48. The van der Waals surface area contributed by atoms with Gasteiger partial charge >= 0.3 is 11.9 Å². The first-order valence-corrected chi connectivity index (χ1v) is 10.3. The molecule has 150 valence electrons. The highest BCUT2D eigenvalue weighted by atomic mass is 32.1. The van der Waals surface area contributed by atoms with Crippen LogP contribution in [-0.2, 0) is 30.4 Å². The van der Waals surface area contributed by atoms with Crippen molar-refractivity contribution in [3.63, 3.8) is 0 Å².